The van der Waals surface area contributed by atoms with E-state index in [4.69, 9.17) is 5.11 Å². The molecule has 2 N–H and O–H groups in total. The van der Waals surface area contributed by atoms with Gasteiger partial charge in [0, 0.05) is 24.2 Å². The molecule has 2 atom stereocenters. The number of hydrogen-bond donors (Lipinski definition) is 2. The highest BCUT2D eigenvalue weighted by Gasteiger charge is 2.27. The summed E-state index contributed by atoms with van der Waals surface area (Å²) in [5.74, 6) is 5.58. The fourth-order valence-corrected chi connectivity index (χ4v) is 2.54. The van der Waals surface area contributed by atoms with E-state index in [1.54, 1.807) is 11.0 Å². The average molecular weight is 287 g/mol. The van der Waals surface area contributed by atoms with Gasteiger partial charge in [0.1, 0.15) is 6.61 Å². The Hall–Kier alpha value is -1.83. The minimum Gasteiger partial charge on any atom is -0.391 e. The molecule has 0 saturated carbocycles. The number of aliphatic hydroxyl groups excluding tert-OH is 2. The fourth-order valence-electron chi connectivity index (χ4n) is 2.54. The van der Waals surface area contributed by atoms with E-state index in [1.165, 1.54) is 0 Å². The molecule has 0 bridgehead atoms. The Balaban J connectivity index is 2.21. The number of nitrogens with zero attached hydrogens (tertiary/aromatic N) is 1. The Kier molecular flexibility index (Phi) is 5.00. The number of aryl methyl sites for hydroxylation is 1. The van der Waals surface area contributed by atoms with Gasteiger partial charge in [0.15, 0.2) is 0 Å². The van der Waals surface area contributed by atoms with E-state index in [0.29, 0.717) is 18.7 Å². The lowest BCUT2D eigenvalue weighted by molar-refractivity contribution is 0.0248. The highest BCUT2D eigenvalue weighted by atomic mass is 16.3. The standard InChI is InChI=1S/C17H21NO3/c1-12-8-14(4-3-7-19)10-15(9-12)17(21)18-6-5-13(2)16(20)11-18/h8-10,13,16,19-20H,5-7,11H2,1-2H3. The molecule has 21 heavy (non-hydrogen) atoms. The predicted molar refractivity (Wildman–Crippen MR) is 80.8 cm³/mol. The number of benzene rings is 1. The lowest BCUT2D eigenvalue weighted by Crippen LogP contribution is -2.45. The molecule has 112 valence electrons. The Morgan fingerprint density at radius 3 is 2.86 bits per heavy atom. The van der Waals surface area contributed by atoms with Gasteiger partial charge in [-0.2, -0.15) is 0 Å². The van der Waals surface area contributed by atoms with Crippen LogP contribution in [-0.4, -0.2) is 46.8 Å². The number of hydrogen-bond acceptors (Lipinski definition) is 3. The molecule has 4 heteroatoms. The van der Waals surface area contributed by atoms with Gasteiger partial charge in [-0.25, -0.2) is 0 Å². The summed E-state index contributed by atoms with van der Waals surface area (Å²) in [6.07, 6.45) is 0.358. The maximum Gasteiger partial charge on any atom is 0.253 e. The second-order valence-electron chi connectivity index (χ2n) is 5.63. The summed E-state index contributed by atoms with van der Waals surface area (Å²) in [4.78, 5) is 14.2. The molecule has 1 aliphatic heterocycles. The normalized spacial score (nSPS) is 21.6. The summed E-state index contributed by atoms with van der Waals surface area (Å²) < 4.78 is 0. The van der Waals surface area contributed by atoms with Crippen LogP contribution in [0.4, 0.5) is 0 Å². The van der Waals surface area contributed by atoms with Crippen molar-refractivity contribution >= 4 is 5.91 Å². The molecule has 2 unspecified atom stereocenters. The minimum atomic E-state index is -0.457. The first-order valence-corrected chi connectivity index (χ1v) is 7.20. The van der Waals surface area contributed by atoms with E-state index in [-0.39, 0.29) is 18.4 Å². The van der Waals surface area contributed by atoms with Crippen molar-refractivity contribution in [1.29, 1.82) is 0 Å². The first-order valence-electron chi connectivity index (χ1n) is 7.20. The SMILES string of the molecule is Cc1cc(C#CCO)cc(C(=O)N2CCC(C)C(O)C2)c1. The van der Waals surface area contributed by atoms with E-state index in [2.05, 4.69) is 11.8 Å². The van der Waals surface area contributed by atoms with Crippen molar-refractivity contribution < 1.29 is 15.0 Å². The van der Waals surface area contributed by atoms with Crippen LogP contribution >= 0.6 is 0 Å². The van der Waals surface area contributed by atoms with Gasteiger partial charge in [-0.3, -0.25) is 4.79 Å². The second-order valence-corrected chi connectivity index (χ2v) is 5.63. The third-order valence-electron chi connectivity index (χ3n) is 3.84. The number of aliphatic hydroxyl groups is 2. The molecule has 1 saturated heterocycles. The van der Waals surface area contributed by atoms with Crippen LogP contribution in [0.2, 0.25) is 0 Å². The fraction of sp³-hybridized carbons (Fsp3) is 0.471. The first kappa shape index (κ1) is 15.6. The molecule has 1 heterocycles. The van der Waals surface area contributed by atoms with E-state index < -0.39 is 6.10 Å². The van der Waals surface area contributed by atoms with Gasteiger partial charge in [-0.15, -0.1) is 0 Å². The summed E-state index contributed by atoms with van der Waals surface area (Å²) in [7, 11) is 0. The number of rotatable bonds is 1. The number of β-amino-alcohol motifs (C(OH)–C–C–N with tert-alkyl or cyclic N) is 1. The van der Waals surface area contributed by atoms with E-state index in [9.17, 15) is 9.90 Å². The van der Waals surface area contributed by atoms with Gasteiger partial charge in [0.05, 0.1) is 6.10 Å². The third kappa shape index (κ3) is 3.84. The van der Waals surface area contributed by atoms with Crippen molar-refractivity contribution in [3.63, 3.8) is 0 Å². The van der Waals surface area contributed by atoms with E-state index in [0.717, 1.165) is 17.5 Å². The van der Waals surface area contributed by atoms with Crippen LogP contribution in [0, 0.1) is 24.7 Å². The molecule has 4 nitrogen and oxygen atoms in total. The van der Waals surface area contributed by atoms with Crippen molar-refractivity contribution in [2.24, 2.45) is 5.92 Å². The summed E-state index contributed by atoms with van der Waals surface area (Å²) in [5, 5.41) is 18.7. The largest absolute Gasteiger partial charge is 0.391 e. The lowest BCUT2D eigenvalue weighted by Gasteiger charge is -2.34. The molecule has 1 aromatic rings. The maximum atomic E-state index is 12.5. The first-order chi connectivity index (χ1) is 10.0. The van der Waals surface area contributed by atoms with Crippen LogP contribution < -0.4 is 0 Å². The zero-order valence-corrected chi connectivity index (χ0v) is 12.5. The molecule has 0 spiro atoms. The molecule has 0 aliphatic carbocycles. The van der Waals surface area contributed by atoms with Crippen molar-refractivity contribution in [3.8, 4) is 11.8 Å². The molecule has 2 rings (SSSR count). The van der Waals surface area contributed by atoms with Crippen molar-refractivity contribution in [3.05, 3.63) is 34.9 Å². The quantitative estimate of drug-likeness (QED) is 0.763. The third-order valence-corrected chi connectivity index (χ3v) is 3.84. The molecular formula is C17H21NO3. The molecule has 1 aliphatic rings. The van der Waals surface area contributed by atoms with Gasteiger partial charge in [0.2, 0.25) is 0 Å². The Morgan fingerprint density at radius 1 is 1.43 bits per heavy atom. The molecule has 1 amide bonds. The monoisotopic (exact) mass is 287 g/mol. The average Bonchev–Trinajstić information content (AvgIpc) is 2.46. The topological polar surface area (TPSA) is 60.8 Å². The predicted octanol–water partition coefficient (Wildman–Crippen LogP) is 1.18. The summed E-state index contributed by atoms with van der Waals surface area (Å²) >= 11 is 0. The summed E-state index contributed by atoms with van der Waals surface area (Å²) in [6, 6.07) is 5.45. The summed E-state index contributed by atoms with van der Waals surface area (Å²) in [5.41, 5.74) is 2.26. The highest BCUT2D eigenvalue weighted by Crippen LogP contribution is 2.20. The van der Waals surface area contributed by atoms with Crippen molar-refractivity contribution in [2.75, 3.05) is 19.7 Å². The number of amides is 1. The van der Waals surface area contributed by atoms with Gasteiger partial charge in [-0.1, -0.05) is 18.8 Å². The Bertz CT molecular complexity index is 585. The van der Waals surface area contributed by atoms with Crippen LogP contribution in [0.3, 0.4) is 0 Å². The lowest BCUT2D eigenvalue weighted by atomic mass is 9.95. The van der Waals surface area contributed by atoms with Gasteiger partial charge in [-0.05, 0) is 43.0 Å². The van der Waals surface area contributed by atoms with Crippen LogP contribution in [-0.2, 0) is 0 Å². The zero-order valence-electron chi connectivity index (χ0n) is 12.5. The molecule has 1 aromatic carbocycles. The number of carbonyl (C=O) groups is 1. The molecule has 0 radical (unpaired) electrons. The molecule has 0 aromatic heterocycles. The van der Waals surface area contributed by atoms with Crippen molar-refractivity contribution in [2.45, 2.75) is 26.4 Å². The Labute approximate surface area is 125 Å². The van der Waals surface area contributed by atoms with Gasteiger partial charge >= 0.3 is 0 Å². The van der Waals surface area contributed by atoms with E-state index >= 15 is 0 Å². The van der Waals surface area contributed by atoms with Crippen LogP contribution in [0.1, 0.15) is 34.8 Å². The summed E-state index contributed by atoms with van der Waals surface area (Å²) in [6.45, 7) is 4.76. The zero-order chi connectivity index (χ0) is 15.4. The van der Waals surface area contributed by atoms with Crippen LogP contribution in [0.5, 0.6) is 0 Å². The smallest absolute Gasteiger partial charge is 0.253 e. The van der Waals surface area contributed by atoms with E-state index in [1.807, 2.05) is 26.0 Å². The number of piperidine rings is 1. The minimum absolute atomic E-state index is 0.0725. The van der Waals surface area contributed by atoms with Gasteiger partial charge in [0.25, 0.3) is 5.91 Å². The van der Waals surface area contributed by atoms with Crippen LogP contribution in [0.25, 0.3) is 0 Å². The number of likely N-dealkylation sites (tertiary alicyclic amines) is 1. The maximum absolute atomic E-state index is 12.5. The Morgan fingerprint density at radius 2 is 2.19 bits per heavy atom. The highest BCUT2D eigenvalue weighted by molar-refractivity contribution is 5.95. The number of carbonyl (C=O) groups excluding carboxylic acids is 1. The molecule has 1 fully saturated rings. The molecular weight excluding hydrogens is 266 g/mol. The van der Waals surface area contributed by atoms with Gasteiger partial charge < -0.3 is 15.1 Å². The van der Waals surface area contributed by atoms with Crippen LogP contribution in [0.15, 0.2) is 18.2 Å². The second kappa shape index (κ2) is 6.75. The van der Waals surface area contributed by atoms with Crippen molar-refractivity contribution in [1.82, 2.24) is 4.90 Å².